The highest BCUT2D eigenvalue weighted by Crippen LogP contribution is 2.52. The standard InChI is InChI=1S/C21H19FN4O3S2/c22-14-4-2-1-3-13(14)10-30-21-25-24-20(31-21)23-15(27)7-8-26-18(28)16-11-5-6-12(9-11)17(16)19(26)29/h1-6,11-12,16-17H,7-10H2,(H,23,24,27)/t11-,12-,16+,17+/m0/s1. The molecule has 0 unspecified atom stereocenters. The van der Waals surface area contributed by atoms with Crippen LogP contribution < -0.4 is 5.32 Å². The maximum Gasteiger partial charge on any atom is 0.233 e. The van der Waals surface area contributed by atoms with E-state index in [1.807, 2.05) is 12.2 Å². The number of carbonyl (C=O) groups excluding carboxylic acids is 3. The molecule has 2 aromatic rings. The number of allylic oxidation sites excluding steroid dienone is 2. The van der Waals surface area contributed by atoms with Gasteiger partial charge in [0.05, 0.1) is 11.8 Å². The fraction of sp³-hybridized carbons (Fsp3) is 0.381. The third kappa shape index (κ3) is 3.78. The highest BCUT2D eigenvalue weighted by Gasteiger charge is 2.59. The summed E-state index contributed by atoms with van der Waals surface area (Å²) < 4.78 is 14.3. The number of benzene rings is 1. The minimum absolute atomic E-state index is 0.0109. The summed E-state index contributed by atoms with van der Waals surface area (Å²) in [6, 6.07) is 6.53. The van der Waals surface area contributed by atoms with E-state index in [1.165, 1.54) is 34.1 Å². The van der Waals surface area contributed by atoms with Crippen LogP contribution in [0.3, 0.4) is 0 Å². The second-order valence-electron chi connectivity index (χ2n) is 7.88. The van der Waals surface area contributed by atoms with E-state index in [4.69, 9.17) is 0 Å². The Morgan fingerprint density at radius 3 is 2.58 bits per heavy atom. The lowest BCUT2D eigenvalue weighted by Crippen LogP contribution is -2.35. The molecule has 4 atom stereocenters. The quantitative estimate of drug-likeness (QED) is 0.297. The topological polar surface area (TPSA) is 92.3 Å². The maximum atomic E-state index is 13.7. The number of fused-ring (bicyclic) bond motifs is 5. The highest BCUT2D eigenvalue weighted by molar-refractivity contribution is 8.00. The zero-order valence-corrected chi connectivity index (χ0v) is 18.0. The SMILES string of the molecule is O=C(CCN1C(=O)[C@H]2[C@H](C1=O)[C@H]1C=C[C@H]2C1)Nc1nnc(SCc2ccccc2F)s1. The minimum atomic E-state index is -0.333. The Labute approximate surface area is 186 Å². The number of nitrogens with one attached hydrogen (secondary N) is 1. The van der Waals surface area contributed by atoms with Crippen LogP contribution in [0.15, 0.2) is 40.8 Å². The summed E-state index contributed by atoms with van der Waals surface area (Å²) in [6.45, 7) is 0.0731. The predicted octanol–water partition coefficient (Wildman–Crippen LogP) is 3.11. The van der Waals surface area contributed by atoms with E-state index < -0.39 is 0 Å². The molecule has 31 heavy (non-hydrogen) atoms. The summed E-state index contributed by atoms with van der Waals surface area (Å²) in [4.78, 5) is 38.9. The monoisotopic (exact) mass is 458 g/mol. The number of hydrogen-bond donors (Lipinski definition) is 1. The number of likely N-dealkylation sites (tertiary alicyclic amines) is 1. The van der Waals surface area contributed by atoms with E-state index in [0.29, 0.717) is 20.8 Å². The molecule has 1 N–H and O–H groups in total. The number of halogens is 1. The molecule has 0 radical (unpaired) electrons. The van der Waals surface area contributed by atoms with Gasteiger partial charge in [0.1, 0.15) is 5.82 Å². The Kier molecular flexibility index (Phi) is 5.35. The van der Waals surface area contributed by atoms with Crippen LogP contribution in [0.25, 0.3) is 0 Å². The van der Waals surface area contributed by atoms with E-state index in [9.17, 15) is 18.8 Å². The first-order chi connectivity index (χ1) is 15.0. The first-order valence-corrected chi connectivity index (χ1v) is 11.8. The average molecular weight is 459 g/mol. The van der Waals surface area contributed by atoms with Crippen LogP contribution in [0, 0.1) is 29.5 Å². The van der Waals surface area contributed by atoms with Gasteiger partial charge in [0, 0.05) is 18.7 Å². The summed E-state index contributed by atoms with van der Waals surface area (Å²) in [5.74, 6) is -0.671. The zero-order valence-electron chi connectivity index (χ0n) is 16.4. The van der Waals surface area contributed by atoms with E-state index in [2.05, 4.69) is 15.5 Å². The Balaban J connectivity index is 1.12. The molecule has 2 fully saturated rings. The molecule has 1 saturated carbocycles. The van der Waals surface area contributed by atoms with Crippen molar-refractivity contribution in [3.8, 4) is 0 Å². The van der Waals surface area contributed by atoms with E-state index in [0.717, 1.165) is 6.42 Å². The second-order valence-corrected chi connectivity index (χ2v) is 10.1. The number of imide groups is 1. The van der Waals surface area contributed by atoms with Crippen LogP contribution >= 0.6 is 23.1 Å². The minimum Gasteiger partial charge on any atom is -0.300 e. The molecule has 3 aliphatic rings. The van der Waals surface area contributed by atoms with E-state index in [-0.39, 0.29) is 60.2 Å². The van der Waals surface area contributed by atoms with Crippen LogP contribution in [0.5, 0.6) is 0 Å². The number of anilines is 1. The van der Waals surface area contributed by atoms with Gasteiger partial charge in [0.2, 0.25) is 22.9 Å². The van der Waals surface area contributed by atoms with Crippen molar-refractivity contribution in [3.63, 3.8) is 0 Å². The largest absolute Gasteiger partial charge is 0.300 e. The highest BCUT2D eigenvalue weighted by atomic mass is 32.2. The van der Waals surface area contributed by atoms with Crippen molar-refractivity contribution in [3.05, 3.63) is 47.8 Å². The van der Waals surface area contributed by atoms with Crippen LogP contribution in [-0.2, 0) is 20.1 Å². The Morgan fingerprint density at radius 1 is 1.16 bits per heavy atom. The number of carbonyl (C=O) groups is 3. The molecule has 10 heteroatoms. The Bertz CT molecular complexity index is 1060. The van der Waals surface area contributed by atoms with Crippen LogP contribution in [0.1, 0.15) is 18.4 Å². The molecule has 1 aromatic carbocycles. The first-order valence-electron chi connectivity index (χ1n) is 10.0. The number of hydrogen-bond acceptors (Lipinski definition) is 7. The van der Waals surface area contributed by atoms with Gasteiger partial charge in [-0.15, -0.1) is 10.2 Å². The van der Waals surface area contributed by atoms with Gasteiger partial charge in [-0.1, -0.05) is 53.4 Å². The Hall–Kier alpha value is -2.59. The fourth-order valence-electron chi connectivity index (χ4n) is 4.65. The van der Waals surface area contributed by atoms with Crippen LogP contribution in [0.4, 0.5) is 9.52 Å². The molecule has 3 amide bonds. The number of thioether (sulfide) groups is 1. The second kappa shape index (κ2) is 8.16. The van der Waals surface area contributed by atoms with E-state index in [1.54, 1.807) is 18.2 Å². The molecular weight excluding hydrogens is 439 g/mol. The summed E-state index contributed by atoms with van der Waals surface area (Å²) in [5.41, 5.74) is 0.571. The van der Waals surface area contributed by atoms with Crippen molar-refractivity contribution in [1.29, 1.82) is 0 Å². The van der Waals surface area contributed by atoms with Crippen molar-refractivity contribution < 1.29 is 18.8 Å². The van der Waals surface area contributed by atoms with Crippen molar-refractivity contribution in [2.75, 3.05) is 11.9 Å². The third-order valence-corrected chi connectivity index (χ3v) is 8.11. The van der Waals surface area contributed by atoms with Gasteiger partial charge in [-0.25, -0.2) is 4.39 Å². The van der Waals surface area contributed by atoms with Gasteiger partial charge in [-0.2, -0.15) is 0 Å². The normalized spacial score (nSPS) is 26.0. The van der Waals surface area contributed by atoms with Gasteiger partial charge >= 0.3 is 0 Å². The number of nitrogens with zero attached hydrogens (tertiary/aromatic N) is 3. The number of amides is 3. The number of rotatable bonds is 7. The molecule has 1 aliphatic heterocycles. The predicted molar refractivity (Wildman–Crippen MR) is 114 cm³/mol. The lowest BCUT2D eigenvalue weighted by atomic mass is 9.85. The molecule has 1 saturated heterocycles. The molecule has 160 valence electrons. The van der Waals surface area contributed by atoms with E-state index >= 15 is 0 Å². The molecule has 0 spiro atoms. The summed E-state index contributed by atoms with van der Waals surface area (Å²) >= 11 is 2.53. The Morgan fingerprint density at radius 2 is 1.87 bits per heavy atom. The van der Waals surface area contributed by atoms with Gasteiger partial charge in [0.25, 0.3) is 0 Å². The molecule has 5 rings (SSSR count). The van der Waals surface area contributed by atoms with Crippen molar-refractivity contribution in [1.82, 2.24) is 15.1 Å². The lowest BCUT2D eigenvalue weighted by molar-refractivity contribution is -0.140. The summed E-state index contributed by atoms with van der Waals surface area (Å²) in [6.07, 6.45) is 4.99. The molecule has 2 aliphatic carbocycles. The first kappa shape index (κ1) is 20.3. The summed E-state index contributed by atoms with van der Waals surface area (Å²) in [7, 11) is 0. The summed E-state index contributed by atoms with van der Waals surface area (Å²) in [5, 5.41) is 10.9. The smallest absolute Gasteiger partial charge is 0.233 e. The van der Waals surface area contributed by atoms with Gasteiger partial charge in [0.15, 0.2) is 4.34 Å². The average Bonchev–Trinajstić information content (AvgIpc) is 3.52. The van der Waals surface area contributed by atoms with Crippen LogP contribution in [-0.4, -0.2) is 39.4 Å². The molecule has 7 nitrogen and oxygen atoms in total. The molecule has 2 bridgehead atoms. The van der Waals surface area contributed by atoms with Crippen molar-refractivity contribution in [2.45, 2.75) is 22.9 Å². The third-order valence-electron chi connectivity index (χ3n) is 6.09. The van der Waals surface area contributed by atoms with Crippen molar-refractivity contribution in [2.24, 2.45) is 23.7 Å². The molecule has 1 aromatic heterocycles. The number of aromatic nitrogens is 2. The fourth-order valence-corrected chi connectivity index (χ4v) is 6.41. The van der Waals surface area contributed by atoms with Gasteiger partial charge in [-0.05, 0) is 29.9 Å². The van der Waals surface area contributed by atoms with Gasteiger partial charge < -0.3 is 5.32 Å². The van der Waals surface area contributed by atoms with Crippen LogP contribution in [0.2, 0.25) is 0 Å². The lowest BCUT2D eigenvalue weighted by Gasteiger charge is -2.16. The van der Waals surface area contributed by atoms with Crippen molar-refractivity contribution >= 4 is 46.0 Å². The zero-order chi connectivity index (χ0) is 21.5. The molecule has 2 heterocycles. The van der Waals surface area contributed by atoms with Gasteiger partial charge in [-0.3, -0.25) is 19.3 Å². The molecular formula is C21H19FN4O3S2. The maximum absolute atomic E-state index is 13.7.